The summed E-state index contributed by atoms with van der Waals surface area (Å²) in [6.45, 7) is 4.32. The molecule has 0 aliphatic heterocycles. The SMILES string of the molecule is CCOC(=O)c1cc(OC(=O)CCNC(C)c2ccc(N=Nc3nc4ccc(Cl)c(Cl)c4s3)cc2)c2ccccc2n1. The Hall–Kier alpha value is -3.96. The van der Waals surface area contributed by atoms with Crippen molar-refractivity contribution < 1.29 is 19.1 Å². The van der Waals surface area contributed by atoms with E-state index in [2.05, 4.69) is 25.5 Å². The van der Waals surface area contributed by atoms with Crippen LogP contribution in [-0.2, 0) is 9.53 Å². The van der Waals surface area contributed by atoms with Crippen molar-refractivity contribution >= 4 is 78.4 Å². The molecule has 0 saturated heterocycles. The predicted molar refractivity (Wildman–Crippen MR) is 165 cm³/mol. The van der Waals surface area contributed by atoms with Crippen LogP contribution in [0.2, 0.25) is 10.0 Å². The minimum absolute atomic E-state index is 0.0305. The summed E-state index contributed by atoms with van der Waals surface area (Å²) in [5, 5.41) is 13.9. The van der Waals surface area contributed by atoms with Crippen molar-refractivity contribution in [2.24, 2.45) is 10.2 Å². The molecule has 2 aromatic heterocycles. The van der Waals surface area contributed by atoms with E-state index in [-0.39, 0.29) is 30.5 Å². The van der Waals surface area contributed by atoms with Crippen molar-refractivity contribution in [3.8, 4) is 5.75 Å². The lowest BCUT2D eigenvalue weighted by Gasteiger charge is -2.14. The van der Waals surface area contributed by atoms with Crippen LogP contribution < -0.4 is 10.1 Å². The van der Waals surface area contributed by atoms with Gasteiger partial charge in [0.05, 0.1) is 44.5 Å². The van der Waals surface area contributed by atoms with Crippen LogP contribution in [0.25, 0.3) is 21.1 Å². The van der Waals surface area contributed by atoms with Gasteiger partial charge in [-0.1, -0.05) is 58.8 Å². The fourth-order valence-electron chi connectivity index (χ4n) is 4.12. The molecule has 214 valence electrons. The molecule has 1 atom stereocenters. The fraction of sp³-hybridized carbons (Fsp3) is 0.200. The summed E-state index contributed by atoms with van der Waals surface area (Å²) < 4.78 is 11.5. The first kappa shape index (κ1) is 29.5. The number of carbonyl (C=O) groups excluding carboxylic acids is 2. The van der Waals surface area contributed by atoms with Crippen LogP contribution >= 0.6 is 34.5 Å². The molecule has 2 heterocycles. The number of nitrogens with zero attached hydrogens (tertiary/aromatic N) is 4. The third-order valence-electron chi connectivity index (χ3n) is 6.25. The van der Waals surface area contributed by atoms with Gasteiger partial charge < -0.3 is 14.8 Å². The van der Waals surface area contributed by atoms with Crippen molar-refractivity contribution in [2.45, 2.75) is 26.3 Å². The zero-order valence-corrected chi connectivity index (χ0v) is 25.0. The zero-order chi connectivity index (χ0) is 29.6. The second kappa shape index (κ2) is 13.3. The molecule has 42 heavy (non-hydrogen) atoms. The standard InChI is InChI=1S/C30H25Cl2N5O4S/c1-3-40-29(39)24-16-25(20-6-4-5-7-22(20)34-24)41-26(38)14-15-33-17(2)18-8-10-19(11-9-18)36-37-30-35-23-13-12-21(31)27(32)28(23)42-30/h4-13,16-17,33H,3,14-15H2,1-2H3. The fourth-order valence-corrected chi connectivity index (χ4v) is 5.43. The molecular formula is C30H25Cl2N5O4S. The van der Waals surface area contributed by atoms with E-state index in [9.17, 15) is 9.59 Å². The highest BCUT2D eigenvalue weighted by molar-refractivity contribution is 7.22. The van der Waals surface area contributed by atoms with Gasteiger partial charge in [-0.25, -0.2) is 14.8 Å². The number of azo groups is 1. The van der Waals surface area contributed by atoms with Crippen LogP contribution in [0.1, 0.15) is 42.4 Å². The number of esters is 2. The summed E-state index contributed by atoms with van der Waals surface area (Å²) in [5.41, 5.74) is 3.03. The first-order chi connectivity index (χ1) is 20.3. The molecule has 3 aromatic carbocycles. The molecular weight excluding hydrogens is 597 g/mol. The first-order valence-corrected chi connectivity index (χ1v) is 14.7. The highest BCUT2D eigenvalue weighted by atomic mass is 35.5. The van der Waals surface area contributed by atoms with Crippen molar-refractivity contribution in [3.63, 3.8) is 0 Å². The van der Waals surface area contributed by atoms with Gasteiger partial charge in [0, 0.05) is 24.0 Å². The number of carbonyl (C=O) groups is 2. The quantitative estimate of drug-likeness (QED) is 0.123. The molecule has 12 heteroatoms. The average Bonchev–Trinajstić information content (AvgIpc) is 3.42. The average molecular weight is 623 g/mol. The van der Waals surface area contributed by atoms with Crippen LogP contribution in [-0.4, -0.2) is 35.1 Å². The van der Waals surface area contributed by atoms with E-state index in [1.54, 1.807) is 37.3 Å². The second-order valence-corrected chi connectivity index (χ2v) is 10.9. The molecule has 5 aromatic rings. The monoisotopic (exact) mass is 621 g/mol. The molecule has 5 rings (SSSR count). The number of hydrogen-bond acceptors (Lipinski definition) is 10. The van der Waals surface area contributed by atoms with E-state index in [0.29, 0.717) is 38.3 Å². The number of benzene rings is 3. The second-order valence-electron chi connectivity index (χ2n) is 9.14. The minimum Gasteiger partial charge on any atom is -0.461 e. The molecule has 0 saturated carbocycles. The predicted octanol–water partition coefficient (Wildman–Crippen LogP) is 8.39. The Morgan fingerprint density at radius 1 is 1.00 bits per heavy atom. The molecule has 0 radical (unpaired) electrons. The molecule has 1 unspecified atom stereocenters. The number of ether oxygens (including phenoxy) is 2. The molecule has 0 aliphatic rings. The number of halogens is 2. The van der Waals surface area contributed by atoms with Crippen LogP contribution in [0.5, 0.6) is 5.75 Å². The maximum absolute atomic E-state index is 12.7. The van der Waals surface area contributed by atoms with Gasteiger partial charge in [-0.05, 0) is 55.8 Å². The molecule has 0 bridgehead atoms. The van der Waals surface area contributed by atoms with E-state index in [1.165, 1.54) is 17.4 Å². The summed E-state index contributed by atoms with van der Waals surface area (Å²) >= 11 is 13.7. The van der Waals surface area contributed by atoms with E-state index < -0.39 is 11.9 Å². The largest absolute Gasteiger partial charge is 0.461 e. The van der Waals surface area contributed by atoms with Crippen LogP contribution in [0, 0.1) is 0 Å². The Labute approximate surface area is 255 Å². The Bertz CT molecular complexity index is 1790. The number of fused-ring (bicyclic) bond motifs is 2. The number of thiazole rings is 1. The third-order valence-corrected chi connectivity index (χ3v) is 8.14. The highest BCUT2D eigenvalue weighted by Crippen LogP contribution is 2.38. The molecule has 9 nitrogen and oxygen atoms in total. The Morgan fingerprint density at radius 3 is 2.57 bits per heavy atom. The summed E-state index contributed by atoms with van der Waals surface area (Å²) in [6, 6.07) is 19.7. The van der Waals surface area contributed by atoms with Gasteiger partial charge in [0.2, 0.25) is 5.13 Å². The van der Waals surface area contributed by atoms with E-state index in [1.807, 2.05) is 37.3 Å². The van der Waals surface area contributed by atoms with E-state index in [4.69, 9.17) is 32.7 Å². The lowest BCUT2D eigenvalue weighted by molar-refractivity contribution is -0.134. The third kappa shape index (κ3) is 6.91. The van der Waals surface area contributed by atoms with Crippen molar-refractivity contribution in [3.05, 3.63) is 88.0 Å². The first-order valence-electron chi connectivity index (χ1n) is 13.1. The van der Waals surface area contributed by atoms with Gasteiger partial charge in [0.15, 0.2) is 5.69 Å². The number of pyridine rings is 1. The van der Waals surface area contributed by atoms with Crippen molar-refractivity contribution in [2.75, 3.05) is 13.2 Å². The normalized spacial score (nSPS) is 12.2. The number of hydrogen-bond donors (Lipinski definition) is 1. The maximum Gasteiger partial charge on any atom is 0.357 e. The number of nitrogens with one attached hydrogen (secondary N) is 1. The van der Waals surface area contributed by atoms with E-state index in [0.717, 1.165) is 15.8 Å². The van der Waals surface area contributed by atoms with Crippen LogP contribution in [0.4, 0.5) is 10.8 Å². The van der Waals surface area contributed by atoms with Crippen LogP contribution in [0.15, 0.2) is 77.0 Å². The van der Waals surface area contributed by atoms with Crippen molar-refractivity contribution in [1.29, 1.82) is 0 Å². The Kier molecular flexibility index (Phi) is 9.38. The summed E-state index contributed by atoms with van der Waals surface area (Å²) in [5.74, 6) is -0.741. The van der Waals surface area contributed by atoms with Gasteiger partial charge in [-0.2, -0.15) is 0 Å². The summed E-state index contributed by atoms with van der Waals surface area (Å²) in [6.07, 6.45) is 0.124. The smallest absolute Gasteiger partial charge is 0.357 e. The maximum atomic E-state index is 12.7. The molecule has 0 fully saturated rings. The Balaban J connectivity index is 1.16. The highest BCUT2D eigenvalue weighted by Gasteiger charge is 2.16. The summed E-state index contributed by atoms with van der Waals surface area (Å²) in [7, 11) is 0. The summed E-state index contributed by atoms with van der Waals surface area (Å²) in [4.78, 5) is 33.6. The lowest BCUT2D eigenvalue weighted by atomic mass is 10.1. The van der Waals surface area contributed by atoms with Gasteiger partial charge in [-0.15, -0.1) is 10.2 Å². The van der Waals surface area contributed by atoms with E-state index >= 15 is 0 Å². The van der Waals surface area contributed by atoms with Crippen LogP contribution in [0.3, 0.4) is 0 Å². The Morgan fingerprint density at radius 2 is 1.79 bits per heavy atom. The number of rotatable bonds is 10. The van der Waals surface area contributed by atoms with Crippen molar-refractivity contribution in [1.82, 2.24) is 15.3 Å². The van der Waals surface area contributed by atoms with Gasteiger partial charge >= 0.3 is 11.9 Å². The molecule has 1 N–H and O–H groups in total. The van der Waals surface area contributed by atoms with Gasteiger partial charge in [0.1, 0.15) is 5.75 Å². The minimum atomic E-state index is -0.574. The number of para-hydroxylation sites is 1. The topological polar surface area (TPSA) is 115 Å². The molecule has 0 aliphatic carbocycles. The lowest BCUT2D eigenvalue weighted by Crippen LogP contribution is -2.23. The zero-order valence-electron chi connectivity index (χ0n) is 22.6. The number of aromatic nitrogens is 2. The molecule has 0 spiro atoms. The van der Waals surface area contributed by atoms with Gasteiger partial charge in [-0.3, -0.25) is 4.79 Å². The van der Waals surface area contributed by atoms with Gasteiger partial charge in [0.25, 0.3) is 0 Å². The molecule has 0 amide bonds.